The molecule has 0 unspecified atom stereocenters. The number of benzene rings is 2. The second-order valence-corrected chi connectivity index (χ2v) is 4.90. The van der Waals surface area contributed by atoms with Crippen LogP contribution in [-0.4, -0.2) is 18.2 Å². The molecular formula is C16H15ClO4. The van der Waals surface area contributed by atoms with E-state index in [9.17, 15) is 4.79 Å². The Balaban J connectivity index is 1.98. The Bertz CT molecular complexity index is 623. The largest absolute Gasteiger partial charge is 0.496 e. The molecule has 0 saturated carbocycles. The molecule has 0 heterocycles. The third kappa shape index (κ3) is 4.21. The van der Waals surface area contributed by atoms with Gasteiger partial charge >= 0.3 is 5.97 Å². The van der Waals surface area contributed by atoms with Crippen LogP contribution in [0.25, 0.3) is 0 Å². The Hall–Kier alpha value is -2.04. The molecule has 110 valence electrons. The topological polar surface area (TPSA) is 55.8 Å². The second-order valence-electron chi connectivity index (χ2n) is 4.46. The fourth-order valence-electron chi connectivity index (χ4n) is 1.88. The van der Waals surface area contributed by atoms with Crippen LogP contribution in [0, 0.1) is 0 Å². The van der Waals surface area contributed by atoms with Crippen molar-refractivity contribution in [2.24, 2.45) is 0 Å². The van der Waals surface area contributed by atoms with Crippen molar-refractivity contribution in [3.63, 3.8) is 0 Å². The maximum absolute atomic E-state index is 11.1. The van der Waals surface area contributed by atoms with Crippen LogP contribution in [0.2, 0.25) is 5.02 Å². The molecule has 0 aliphatic carbocycles. The molecule has 0 radical (unpaired) electrons. The Kier molecular flexibility index (Phi) is 5.20. The first-order valence-electron chi connectivity index (χ1n) is 6.32. The Morgan fingerprint density at radius 3 is 2.33 bits per heavy atom. The minimum atomic E-state index is -1.02. The lowest BCUT2D eigenvalue weighted by Gasteiger charge is -2.08. The van der Waals surface area contributed by atoms with Gasteiger partial charge in [-0.1, -0.05) is 29.8 Å². The normalized spacial score (nSPS) is 10.4. The molecule has 4 nitrogen and oxygen atoms in total. The predicted molar refractivity (Wildman–Crippen MR) is 79.9 cm³/mol. The summed E-state index contributed by atoms with van der Waals surface area (Å²) in [5.74, 6) is -0.685. The van der Waals surface area contributed by atoms with Crippen molar-refractivity contribution in [3.8, 4) is 5.75 Å². The van der Waals surface area contributed by atoms with E-state index in [1.54, 1.807) is 30.3 Å². The summed E-state index contributed by atoms with van der Waals surface area (Å²) in [5, 5.41) is 9.80. The highest BCUT2D eigenvalue weighted by Crippen LogP contribution is 2.20. The molecule has 0 aromatic heterocycles. The number of carboxylic acids is 1. The Morgan fingerprint density at radius 1 is 1.10 bits per heavy atom. The molecule has 0 aliphatic heterocycles. The van der Waals surface area contributed by atoms with E-state index in [1.807, 2.05) is 12.1 Å². The van der Waals surface area contributed by atoms with Gasteiger partial charge in [0.05, 0.1) is 20.3 Å². The van der Waals surface area contributed by atoms with E-state index in [0.717, 1.165) is 11.1 Å². The highest BCUT2D eigenvalue weighted by molar-refractivity contribution is 6.30. The maximum Gasteiger partial charge on any atom is 0.339 e. The number of hydrogen-bond acceptors (Lipinski definition) is 3. The van der Waals surface area contributed by atoms with Gasteiger partial charge in [-0.15, -0.1) is 0 Å². The number of aromatic carboxylic acids is 1. The van der Waals surface area contributed by atoms with Crippen LogP contribution in [0.5, 0.6) is 5.75 Å². The van der Waals surface area contributed by atoms with Gasteiger partial charge in [0.25, 0.3) is 0 Å². The molecule has 0 atom stereocenters. The SMILES string of the molecule is COc1ccc(COCc2ccc(Cl)cc2)cc1C(=O)O. The van der Waals surface area contributed by atoms with Gasteiger partial charge in [-0.2, -0.15) is 0 Å². The van der Waals surface area contributed by atoms with E-state index in [2.05, 4.69) is 0 Å². The zero-order valence-electron chi connectivity index (χ0n) is 11.5. The molecule has 0 aliphatic rings. The summed E-state index contributed by atoms with van der Waals surface area (Å²) in [4.78, 5) is 11.1. The van der Waals surface area contributed by atoms with Crippen molar-refractivity contribution >= 4 is 17.6 Å². The number of carbonyl (C=O) groups is 1. The van der Waals surface area contributed by atoms with Crippen molar-refractivity contribution in [2.75, 3.05) is 7.11 Å². The molecule has 21 heavy (non-hydrogen) atoms. The molecule has 0 bridgehead atoms. The fourth-order valence-corrected chi connectivity index (χ4v) is 2.01. The average molecular weight is 307 g/mol. The fraction of sp³-hybridized carbons (Fsp3) is 0.188. The van der Waals surface area contributed by atoms with Crippen molar-refractivity contribution < 1.29 is 19.4 Å². The molecule has 0 fully saturated rings. The summed E-state index contributed by atoms with van der Waals surface area (Å²) in [6.45, 7) is 0.762. The molecule has 0 spiro atoms. The van der Waals surface area contributed by atoms with E-state index >= 15 is 0 Å². The third-order valence-electron chi connectivity index (χ3n) is 2.95. The lowest BCUT2D eigenvalue weighted by atomic mass is 10.1. The number of halogens is 1. The van der Waals surface area contributed by atoms with Gasteiger partial charge in [0, 0.05) is 5.02 Å². The van der Waals surface area contributed by atoms with Crippen LogP contribution in [0.4, 0.5) is 0 Å². The van der Waals surface area contributed by atoms with Gasteiger partial charge in [-0.25, -0.2) is 4.79 Å². The van der Waals surface area contributed by atoms with Gasteiger partial charge in [-0.05, 0) is 35.4 Å². The van der Waals surface area contributed by atoms with Crippen molar-refractivity contribution in [3.05, 3.63) is 64.2 Å². The monoisotopic (exact) mass is 306 g/mol. The zero-order valence-corrected chi connectivity index (χ0v) is 12.3. The van der Waals surface area contributed by atoms with Gasteiger partial charge in [0.2, 0.25) is 0 Å². The molecule has 1 N–H and O–H groups in total. The lowest BCUT2D eigenvalue weighted by Crippen LogP contribution is -2.02. The molecule has 2 aromatic rings. The van der Waals surface area contributed by atoms with Crippen LogP contribution in [0.3, 0.4) is 0 Å². The maximum atomic E-state index is 11.1. The highest BCUT2D eigenvalue weighted by Gasteiger charge is 2.11. The summed E-state index contributed by atoms with van der Waals surface area (Å²) < 4.78 is 10.6. The number of rotatable bonds is 6. The summed E-state index contributed by atoms with van der Waals surface area (Å²) in [7, 11) is 1.44. The summed E-state index contributed by atoms with van der Waals surface area (Å²) in [5.41, 5.74) is 1.92. The van der Waals surface area contributed by atoms with Gasteiger partial charge < -0.3 is 14.6 Å². The van der Waals surface area contributed by atoms with Crippen LogP contribution in [-0.2, 0) is 18.0 Å². The van der Waals surface area contributed by atoms with Crippen molar-refractivity contribution in [1.82, 2.24) is 0 Å². The van der Waals surface area contributed by atoms with E-state index < -0.39 is 5.97 Å². The van der Waals surface area contributed by atoms with E-state index in [4.69, 9.17) is 26.2 Å². The van der Waals surface area contributed by atoms with Crippen LogP contribution in [0.1, 0.15) is 21.5 Å². The molecular weight excluding hydrogens is 292 g/mol. The Labute approximate surface area is 127 Å². The summed E-state index contributed by atoms with van der Waals surface area (Å²) >= 11 is 5.81. The molecule has 2 rings (SSSR count). The molecule has 0 amide bonds. The minimum Gasteiger partial charge on any atom is -0.496 e. The number of methoxy groups -OCH3 is 1. The molecule has 5 heteroatoms. The average Bonchev–Trinajstić information content (AvgIpc) is 2.49. The highest BCUT2D eigenvalue weighted by atomic mass is 35.5. The summed E-state index contributed by atoms with van der Waals surface area (Å²) in [6, 6.07) is 12.4. The van der Waals surface area contributed by atoms with E-state index in [-0.39, 0.29) is 5.56 Å². The van der Waals surface area contributed by atoms with Crippen LogP contribution >= 0.6 is 11.6 Å². The van der Waals surface area contributed by atoms with E-state index in [1.165, 1.54) is 7.11 Å². The third-order valence-corrected chi connectivity index (χ3v) is 3.20. The van der Waals surface area contributed by atoms with Gasteiger partial charge in [-0.3, -0.25) is 0 Å². The molecule has 0 saturated heterocycles. The van der Waals surface area contributed by atoms with Gasteiger partial charge in [0.15, 0.2) is 0 Å². The molecule has 2 aromatic carbocycles. The van der Waals surface area contributed by atoms with Gasteiger partial charge in [0.1, 0.15) is 11.3 Å². The number of carboxylic acid groups (broad SMARTS) is 1. The summed E-state index contributed by atoms with van der Waals surface area (Å²) in [6.07, 6.45) is 0. The number of ether oxygens (including phenoxy) is 2. The minimum absolute atomic E-state index is 0.130. The number of hydrogen-bond donors (Lipinski definition) is 1. The lowest BCUT2D eigenvalue weighted by molar-refractivity contribution is 0.0692. The second kappa shape index (κ2) is 7.11. The van der Waals surface area contributed by atoms with Crippen molar-refractivity contribution in [2.45, 2.75) is 13.2 Å². The first kappa shape index (κ1) is 15.4. The quantitative estimate of drug-likeness (QED) is 0.882. The van der Waals surface area contributed by atoms with Crippen molar-refractivity contribution in [1.29, 1.82) is 0 Å². The first-order valence-corrected chi connectivity index (χ1v) is 6.70. The standard InChI is InChI=1S/C16H15ClO4/c1-20-15-7-4-12(8-14(15)16(18)19)10-21-9-11-2-5-13(17)6-3-11/h2-8H,9-10H2,1H3,(H,18,19). The Morgan fingerprint density at radius 2 is 1.71 bits per heavy atom. The smallest absolute Gasteiger partial charge is 0.339 e. The van der Waals surface area contributed by atoms with E-state index in [0.29, 0.717) is 24.0 Å². The van der Waals surface area contributed by atoms with Crippen LogP contribution < -0.4 is 4.74 Å². The van der Waals surface area contributed by atoms with Crippen LogP contribution in [0.15, 0.2) is 42.5 Å². The predicted octanol–water partition coefficient (Wildman–Crippen LogP) is 3.76. The zero-order chi connectivity index (χ0) is 15.2. The first-order chi connectivity index (χ1) is 10.1.